The second-order valence-electron chi connectivity index (χ2n) is 4.15. The van der Waals surface area contributed by atoms with Gasteiger partial charge in [-0.1, -0.05) is 24.3 Å². The summed E-state index contributed by atoms with van der Waals surface area (Å²) in [4.78, 5) is 27.1. The van der Waals surface area contributed by atoms with Crippen molar-refractivity contribution in [2.75, 3.05) is 12.4 Å². The standard InChI is InChI=1S/C16H12N2O3/c1-17-11-7-9-12(10-8-11)18-15(19)13-5-3-4-6-14(13)16(20)21-2/h3-10H,2H3,(H,18,19). The van der Waals surface area contributed by atoms with E-state index in [1.807, 2.05) is 0 Å². The van der Waals surface area contributed by atoms with Crippen LogP contribution < -0.4 is 5.32 Å². The number of benzene rings is 2. The van der Waals surface area contributed by atoms with Crippen LogP contribution in [0.2, 0.25) is 0 Å². The molecule has 0 spiro atoms. The first-order chi connectivity index (χ1) is 10.2. The molecule has 0 saturated carbocycles. The average Bonchev–Trinajstić information content (AvgIpc) is 2.54. The number of carbonyl (C=O) groups is 2. The lowest BCUT2D eigenvalue weighted by Gasteiger charge is -2.09. The summed E-state index contributed by atoms with van der Waals surface area (Å²) in [6.07, 6.45) is 0. The summed E-state index contributed by atoms with van der Waals surface area (Å²) in [5.74, 6) is -0.976. The van der Waals surface area contributed by atoms with Gasteiger partial charge in [0, 0.05) is 5.69 Å². The number of nitrogens with one attached hydrogen (secondary N) is 1. The van der Waals surface area contributed by atoms with Gasteiger partial charge in [0.2, 0.25) is 0 Å². The summed E-state index contributed by atoms with van der Waals surface area (Å²) >= 11 is 0. The number of methoxy groups -OCH3 is 1. The predicted molar refractivity (Wildman–Crippen MR) is 78.4 cm³/mol. The first kappa shape index (κ1) is 14.3. The Hall–Kier alpha value is -3.13. The molecule has 0 saturated heterocycles. The molecule has 104 valence electrons. The van der Waals surface area contributed by atoms with Crippen molar-refractivity contribution < 1.29 is 14.3 Å². The van der Waals surface area contributed by atoms with Gasteiger partial charge in [-0.15, -0.1) is 0 Å². The van der Waals surface area contributed by atoms with Crippen molar-refractivity contribution in [1.29, 1.82) is 0 Å². The van der Waals surface area contributed by atoms with E-state index in [1.54, 1.807) is 42.5 Å². The first-order valence-electron chi connectivity index (χ1n) is 6.12. The molecule has 0 aromatic heterocycles. The fourth-order valence-electron chi connectivity index (χ4n) is 1.79. The Morgan fingerprint density at radius 1 is 1.05 bits per heavy atom. The van der Waals surface area contributed by atoms with E-state index in [1.165, 1.54) is 13.2 Å². The Balaban J connectivity index is 2.24. The summed E-state index contributed by atoms with van der Waals surface area (Å²) in [5.41, 5.74) is 1.48. The Bertz CT molecular complexity index is 715. The van der Waals surface area contributed by atoms with Gasteiger partial charge in [-0.2, -0.15) is 0 Å². The molecule has 1 amide bonds. The fourth-order valence-corrected chi connectivity index (χ4v) is 1.79. The minimum absolute atomic E-state index is 0.204. The predicted octanol–water partition coefficient (Wildman–Crippen LogP) is 3.28. The van der Waals surface area contributed by atoms with Crippen molar-refractivity contribution in [2.45, 2.75) is 0 Å². The van der Waals surface area contributed by atoms with E-state index in [0.717, 1.165) is 0 Å². The van der Waals surface area contributed by atoms with Crippen molar-refractivity contribution in [1.82, 2.24) is 0 Å². The van der Waals surface area contributed by atoms with E-state index in [9.17, 15) is 9.59 Å². The zero-order valence-electron chi connectivity index (χ0n) is 11.3. The van der Waals surface area contributed by atoms with Gasteiger partial charge in [-0.05, 0) is 24.3 Å². The SMILES string of the molecule is [C-]#[N+]c1ccc(NC(=O)c2ccccc2C(=O)OC)cc1. The number of hydrogen-bond donors (Lipinski definition) is 1. The lowest BCUT2D eigenvalue weighted by Crippen LogP contribution is -2.17. The molecule has 0 aliphatic rings. The van der Waals surface area contributed by atoms with Crippen molar-refractivity contribution in [3.8, 4) is 0 Å². The van der Waals surface area contributed by atoms with E-state index in [4.69, 9.17) is 6.57 Å². The highest BCUT2D eigenvalue weighted by Gasteiger charge is 2.16. The highest BCUT2D eigenvalue weighted by atomic mass is 16.5. The van der Waals surface area contributed by atoms with Gasteiger partial charge >= 0.3 is 5.97 Å². The summed E-state index contributed by atoms with van der Waals surface area (Å²) in [5, 5.41) is 2.68. The smallest absolute Gasteiger partial charge is 0.338 e. The molecule has 2 aromatic rings. The van der Waals surface area contributed by atoms with Gasteiger partial charge in [0.1, 0.15) is 0 Å². The van der Waals surface area contributed by atoms with Gasteiger partial charge < -0.3 is 10.1 Å². The maximum absolute atomic E-state index is 12.2. The summed E-state index contributed by atoms with van der Waals surface area (Å²) in [7, 11) is 1.26. The van der Waals surface area contributed by atoms with E-state index < -0.39 is 11.9 Å². The third-order valence-corrected chi connectivity index (χ3v) is 2.83. The van der Waals surface area contributed by atoms with Crippen LogP contribution in [0.1, 0.15) is 20.7 Å². The van der Waals surface area contributed by atoms with E-state index in [0.29, 0.717) is 11.4 Å². The zero-order valence-corrected chi connectivity index (χ0v) is 11.3. The molecular weight excluding hydrogens is 268 g/mol. The van der Waals surface area contributed by atoms with Gasteiger partial charge in [-0.25, -0.2) is 9.64 Å². The maximum Gasteiger partial charge on any atom is 0.338 e. The van der Waals surface area contributed by atoms with E-state index in [2.05, 4.69) is 14.9 Å². The number of ether oxygens (including phenoxy) is 1. The van der Waals surface area contributed by atoms with Crippen molar-refractivity contribution in [3.63, 3.8) is 0 Å². The summed E-state index contributed by atoms with van der Waals surface area (Å²) in [6.45, 7) is 6.87. The average molecular weight is 280 g/mol. The monoisotopic (exact) mass is 280 g/mol. The number of anilines is 1. The molecule has 0 unspecified atom stereocenters. The van der Waals surface area contributed by atoms with Crippen molar-refractivity contribution in [3.05, 3.63) is 71.1 Å². The fraction of sp³-hybridized carbons (Fsp3) is 0.0625. The minimum Gasteiger partial charge on any atom is -0.465 e. The maximum atomic E-state index is 12.2. The van der Waals surface area contributed by atoms with Crippen molar-refractivity contribution in [2.24, 2.45) is 0 Å². The molecular formula is C16H12N2O3. The number of carbonyl (C=O) groups excluding carboxylic acids is 2. The van der Waals surface area contributed by atoms with Gasteiger partial charge in [0.25, 0.3) is 5.91 Å². The van der Waals surface area contributed by atoms with Gasteiger partial charge in [-0.3, -0.25) is 4.79 Å². The highest BCUT2D eigenvalue weighted by molar-refractivity contribution is 6.11. The molecule has 0 radical (unpaired) electrons. The van der Waals surface area contributed by atoms with Crippen LogP contribution in [0.3, 0.4) is 0 Å². The first-order valence-corrected chi connectivity index (χ1v) is 6.12. The number of esters is 1. The molecule has 0 heterocycles. The van der Waals surface area contributed by atoms with Crippen LogP contribution in [0.15, 0.2) is 48.5 Å². The van der Waals surface area contributed by atoms with Gasteiger partial charge in [0.05, 0.1) is 24.8 Å². The summed E-state index contributed by atoms with van der Waals surface area (Å²) < 4.78 is 4.66. The summed E-state index contributed by atoms with van der Waals surface area (Å²) in [6, 6.07) is 12.9. The molecule has 0 bridgehead atoms. The quantitative estimate of drug-likeness (QED) is 0.693. The highest BCUT2D eigenvalue weighted by Crippen LogP contribution is 2.18. The topological polar surface area (TPSA) is 59.8 Å². The Morgan fingerprint density at radius 2 is 1.67 bits per heavy atom. The van der Waals surface area contributed by atoms with Crippen LogP contribution in [0.5, 0.6) is 0 Å². The molecule has 1 N–H and O–H groups in total. The minimum atomic E-state index is -0.566. The number of hydrogen-bond acceptors (Lipinski definition) is 3. The number of nitrogens with zero attached hydrogens (tertiary/aromatic N) is 1. The van der Waals surface area contributed by atoms with Crippen LogP contribution >= 0.6 is 0 Å². The van der Waals surface area contributed by atoms with Crippen LogP contribution in [0, 0.1) is 6.57 Å². The number of amides is 1. The third kappa shape index (κ3) is 3.25. The second-order valence-corrected chi connectivity index (χ2v) is 4.15. The van der Waals surface area contributed by atoms with E-state index in [-0.39, 0.29) is 11.1 Å². The molecule has 2 rings (SSSR count). The molecule has 0 fully saturated rings. The lowest BCUT2D eigenvalue weighted by atomic mass is 10.1. The molecule has 21 heavy (non-hydrogen) atoms. The van der Waals surface area contributed by atoms with Gasteiger partial charge in [0.15, 0.2) is 5.69 Å². The normalized spacial score (nSPS) is 9.52. The molecule has 0 aliphatic carbocycles. The van der Waals surface area contributed by atoms with Crippen LogP contribution in [-0.4, -0.2) is 19.0 Å². The van der Waals surface area contributed by atoms with Crippen LogP contribution in [0.4, 0.5) is 11.4 Å². The molecule has 5 nitrogen and oxygen atoms in total. The molecule has 2 aromatic carbocycles. The lowest BCUT2D eigenvalue weighted by molar-refractivity contribution is 0.0597. The Labute approximate surface area is 122 Å². The van der Waals surface area contributed by atoms with Crippen LogP contribution in [-0.2, 0) is 4.74 Å². The molecule has 0 aliphatic heterocycles. The van der Waals surface area contributed by atoms with Crippen LogP contribution in [0.25, 0.3) is 4.85 Å². The molecule has 5 heteroatoms. The Morgan fingerprint density at radius 3 is 2.24 bits per heavy atom. The van der Waals surface area contributed by atoms with E-state index >= 15 is 0 Å². The molecule has 0 atom stereocenters. The Kier molecular flexibility index (Phi) is 4.32. The third-order valence-electron chi connectivity index (χ3n) is 2.83. The number of rotatable bonds is 3. The second kappa shape index (κ2) is 6.35. The largest absolute Gasteiger partial charge is 0.465 e. The zero-order chi connectivity index (χ0) is 15.2. The van der Waals surface area contributed by atoms with Crippen molar-refractivity contribution >= 4 is 23.3 Å².